The van der Waals surface area contributed by atoms with Gasteiger partial charge in [0.05, 0.1) is 5.75 Å². The van der Waals surface area contributed by atoms with Crippen LogP contribution in [0.1, 0.15) is 23.2 Å². The van der Waals surface area contributed by atoms with Gasteiger partial charge in [-0.2, -0.15) is 18.2 Å². The lowest BCUT2D eigenvalue weighted by atomic mass is 10.4. The molecule has 0 spiro atoms. The Morgan fingerprint density at radius 2 is 2.00 bits per heavy atom. The third-order valence-electron chi connectivity index (χ3n) is 2.63. The second-order valence-electron chi connectivity index (χ2n) is 4.43. The van der Waals surface area contributed by atoms with Crippen LogP contribution in [0.2, 0.25) is 0 Å². The van der Waals surface area contributed by atoms with Crippen molar-refractivity contribution in [3.63, 3.8) is 0 Å². The van der Waals surface area contributed by atoms with Crippen LogP contribution in [0.3, 0.4) is 0 Å². The van der Waals surface area contributed by atoms with Gasteiger partial charge in [-0.3, -0.25) is 0 Å². The number of halogens is 3. The molecule has 0 N–H and O–H groups in total. The minimum atomic E-state index is -4.64. The minimum Gasteiger partial charge on any atom is -0.416 e. The maximum atomic E-state index is 12.3. The van der Waals surface area contributed by atoms with Gasteiger partial charge in [0, 0.05) is 11.4 Å². The van der Waals surface area contributed by atoms with E-state index in [0.29, 0.717) is 10.9 Å². The number of hydrogen-bond donors (Lipinski definition) is 0. The topological polar surface area (TPSA) is 82.0 Å². The van der Waals surface area contributed by atoms with Crippen molar-refractivity contribution in [2.24, 2.45) is 0 Å². The van der Waals surface area contributed by atoms with Crippen molar-refractivity contribution in [1.29, 1.82) is 0 Å². The molecule has 3 rings (SSSR count). The summed E-state index contributed by atoms with van der Waals surface area (Å²) in [6.45, 7) is 3.70. The molecule has 116 valence electrons. The molecule has 0 aliphatic rings. The van der Waals surface area contributed by atoms with Gasteiger partial charge < -0.3 is 4.42 Å². The Labute approximate surface area is 126 Å². The number of thioether (sulfide) groups is 1. The molecule has 0 amide bonds. The Bertz CT molecular complexity index is 827. The maximum absolute atomic E-state index is 12.3. The highest BCUT2D eigenvalue weighted by Crippen LogP contribution is 2.29. The minimum absolute atomic E-state index is 0.0397. The summed E-state index contributed by atoms with van der Waals surface area (Å²) in [6.07, 6.45) is -4.64. The van der Waals surface area contributed by atoms with Gasteiger partial charge in [0.25, 0.3) is 5.78 Å². The van der Waals surface area contributed by atoms with E-state index < -0.39 is 12.1 Å². The SMILES string of the molecule is Cc1cc(C)n2nc(SCc3nnc(C(F)(F)F)o3)nc2n1. The maximum Gasteiger partial charge on any atom is 0.470 e. The van der Waals surface area contributed by atoms with Crippen LogP contribution in [0.4, 0.5) is 13.2 Å². The monoisotopic (exact) mass is 330 g/mol. The van der Waals surface area contributed by atoms with E-state index in [9.17, 15) is 13.2 Å². The molecular formula is C11H9F3N6OS. The summed E-state index contributed by atoms with van der Waals surface area (Å²) < 4.78 is 43.1. The first-order chi connectivity index (χ1) is 10.3. The summed E-state index contributed by atoms with van der Waals surface area (Å²) >= 11 is 1.09. The van der Waals surface area contributed by atoms with E-state index in [-0.39, 0.29) is 11.6 Å². The molecule has 0 atom stereocenters. The molecule has 3 heterocycles. The Balaban J connectivity index is 1.77. The van der Waals surface area contributed by atoms with Crippen LogP contribution in [-0.2, 0) is 11.9 Å². The van der Waals surface area contributed by atoms with Gasteiger partial charge in [0.15, 0.2) is 0 Å². The average Bonchev–Trinajstić information content (AvgIpc) is 3.01. The van der Waals surface area contributed by atoms with E-state index in [2.05, 4.69) is 29.7 Å². The summed E-state index contributed by atoms with van der Waals surface area (Å²) in [5.41, 5.74) is 1.67. The molecule has 0 bridgehead atoms. The van der Waals surface area contributed by atoms with Gasteiger partial charge in [0.1, 0.15) is 0 Å². The number of aromatic nitrogens is 6. The molecule has 11 heteroatoms. The molecule has 3 aromatic rings. The first-order valence-corrected chi connectivity index (χ1v) is 7.05. The van der Waals surface area contributed by atoms with Crippen molar-refractivity contribution in [3.05, 3.63) is 29.2 Å². The molecule has 3 aromatic heterocycles. The predicted octanol–water partition coefficient (Wildman–Crippen LogP) is 2.44. The number of rotatable bonds is 3. The van der Waals surface area contributed by atoms with Crippen LogP contribution in [0.5, 0.6) is 0 Å². The second kappa shape index (κ2) is 5.23. The van der Waals surface area contributed by atoms with Crippen LogP contribution in [0, 0.1) is 13.8 Å². The van der Waals surface area contributed by atoms with Crippen molar-refractivity contribution in [2.75, 3.05) is 0 Å². The van der Waals surface area contributed by atoms with Crippen LogP contribution in [0.25, 0.3) is 5.78 Å². The van der Waals surface area contributed by atoms with Gasteiger partial charge in [0.2, 0.25) is 11.0 Å². The molecule has 0 aliphatic carbocycles. The Hall–Kier alpha value is -2.17. The molecule has 0 aliphatic heterocycles. The zero-order chi connectivity index (χ0) is 15.9. The van der Waals surface area contributed by atoms with E-state index in [4.69, 9.17) is 0 Å². The Morgan fingerprint density at radius 1 is 1.23 bits per heavy atom. The number of aryl methyl sites for hydroxylation is 2. The zero-order valence-electron chi connectivity index (χ0n) is 11.4. The number of hydrogen-bond acceptors (Lipinski definition) is 7. The molecule has 22 heavy (non-hydrogen) atoms. The highest BCUT2D eigenvalue weighted by molar-refractivity contribution is 7.98. The smallest absolute Gasteiger partial charge is 0.416 e. The van der Waals surface area contributed by atoms with Gasteiger partial charge in [-0.1, -0.05) is 11.8 Å². The lowest BCUT2D eigenvalue weighted by molar-refractivity contribution is -0.157. The van der Waals surface area contributed by atoms with Crippen LogP contribution >= 0.6 is 11.8 Å². The van der Waals surface area contributed by atoms with Crippen molar-refractivity contribution < 1.29 is 17.6 Å². The number of fused-ring (bicyclic) bond motifs is 1. The first kappa shape index (κ1) is 14.8. The van der Waals surface area contributed by atoms with Crippen molar-refractivity contribution in [2.45, 2.75) is 30.9 Å². The summed E-state index contributed by atoms with van der Waals surface area (Å²) in [6, 6.07) is 1.85. The highest BCUT2D eigenvalue weighted by Gasteiger charge is 2.38. The molecule has 0 aromatic carbocycles. The lowest BCUT2D eigenvalue weighted by Gasteiger charge is -1.97. The van der Waals surface area contributed by atoms with Crippen molar-refractivity contribution in [3.8, 4) is 0 Å². The van der Waals surface area contributed by atoms with Crippen LogP contribution < -0.4 is 0 Å². The van der Waals surface area contributed by atoms with Crippen molar-refractivity contribution in [1.82, 2.24) is 29.8 Å². The average molecular weight is 330 g/mol. The third kappa shape index (κ3) is 2.89. The Morgan fingerprint density at radius 3 is 2.68 bits per heavy atom. The van der Waals surface area contributed by atoms with E-state index >= 15 is 0 Å². The number of nitrogens with zero attached hydrogens (tertiary/aromatic N) is 6. The molecule has 0 radical (unpaired) electrons. The summed E-state index contributed by atoms with van der Waals surface area (Å²) in [4.78, 5) is 8.42. The van der Waals surface area contributed by atoms with Crippen LogP contribution in [-0.4, -0.2) is 29.8 Å². The summed E-state index contributed by atoms with van der Waals surface area (Å²) in [5.74, 6) is -1.03. The zero-order valence-corrected chi connectivity index (χ0v) is 12.2. The Kier molecular flexibility index (Phi) is 3.51. The van der Waals surface area contributed by atoms with E-state index in [0.717, 1.165) is 23.1 Å². The van der Waals surface area contributed by atoms with Gasteiger partial charge in [-0.25, -0.2) is 9.50 Å². The quantitative estimate of drug-likeness (QED) is 0.682. The lowest BCUT2D eigenvalue weighted by Crippen LogP contribution is -2.04. The molecule has 0 fully saturated rings. The molecular weight excluding hydrogens is 321 g/mol. The summed E-state index contributed by atoms with van der Waals surface area (Å²) in [5, 5.41) is 10.9. The predicted molar refractivity (Wildman–Crippen MR) is 69.1 cm³/mol. The number of alkyl halides is 3. The van der Waals surface area contributed by atoms with E-state index in [1.807, 2.05) is 19.9 Å². The fraction of sp³-hybridized carbons (Fsp3) is 0.364. The first-order valence-electron chi connectivity index (χ1n) is 6.06. The standard InChI is InChI=1S/C11H9F3N6OS/c1-5-3-6(2)20-9(15-5)16-10(19-20)22-4-7-17-18-8(21-7)11(12,13)14/h3H,4H2,1-2H3. The fourth-order valence-electron chi connectivity index (χ4n) is 1.76. The molecule has 0 saturated carbocycles. The van der Waals surface area contributed by atoms with Gasteiger partial charge in [-0.15, -0.1) is 15.3 Å². The van der Waals surface area contributed by atoms with E-state index in [1.165, 1.54) is 0 Å². The molecule has 0 saturated heterocycles. The second-order valence-corrected chi connectivity index (χ2v) is 5.37. The van der Waals surface area contributed by atoms with Crippen molar-refractivity contribution >= 4 is 17.5 Å². The van der Waals surface area contributed by atoms with Crippen LogP contribution in [0.15, 0.2) is 15.6 Å². The fourth-order valence-corrected chi connectivity index (χ4v) is 2.42. The van der Waals surface area contributed by atoms with Gasteiger partial charge in [-0.05, 0) is 19.9 Å². The molecule has 7 nitrogen and oxygen atoms in total. The normalized spacial score (nSPS) is 12.2. The van der Waals surface area contributed by atoms with E-state index in [1.54, 1.807) is 4.52 Å². The molecule has 0 unspecified atom stereocenters. The highest BCUT2D eigenvalue weighted by atomic mass is 32.2. The third-order valence-corrected chi connectivity index (χ3v) is 3.46. The summed E-state index contributed by atoms with van der Waals surface area (Å²) in [7, 11) is 0. The largest absolute Gasteiger partial charge is 0.470 e. The van der Waals surface area contributed by atoms with Gasteiger partial charge >= 0.3 is 12.1 Å².